The molecule has 0 radical (unpaired) electrons. The second kappa shape index (κ2) is 11.9. The van der Waals surface area contributed by atoms with E-state index in [9.17, 15) is 0 Å². The van der Waals surface area contributed by atoms with Crippen molar-refractivity contribution in [3.8, 4) is 11.5 Å². The van der Waals surface area contributed by atoms with Crippen molar-refractivity contribution in [1.29, 1.82) is 0 Å². The Morgan fingerprint density at radius 3 is 2.52 bits per heavy atom. The summed E-state index contributed by atoms with van der Waals surface area (Å²) in [4.78, 5) is 0. The molecule has 0 aliphatic heterocycles. The summed E-state index contributed by atoms with van der Waals surface area (Å²) in [6, 6.07) is 21.6. The van der Waals surface area contributed by atoms with Gasteiger partial charge in [0.1, 0.15) is 18.1 Å². The van der Waals surface area contributed by atoms with E-state index in [-0.39, 0.29) is 12.4 Å². The fraction of sp³-hybridized carbons (Fsp3) is 0.217. The minimum atomic E-state index is 0. The molecule has 0 heterocycles. The highest BCUT2D eigenvalue weighted by atomic mass is 35.5. The number of para-hydroxylation sites is 1. The van der Waals surface area contributed by atoms with E-state index in [1.54, 1.807) is 13.2 Å². The van der Waals surface area contributed by atoms with Gasteiger partial charge in [0.15, 0.2) is 0 Å². The van der Waals surface area contributed by atoms with Crippen molar-refractivity contribution in [2.24, 2.45) is 0 Å². The van der Waals surface area contributed by atoms with E-state index in [1.165, 1.54) is 11.1 Å². The number of methoxy groups -OCH3 is 1. The van der Waals surface area contributed by atoms with Crippen LogP contribution in [0.2, 0.25) is 10.0 Å². The summed E-state index contributed by atoms with van der Waals surface area (Å²) < 4.78 is 11.3. The smallest absolute Gasteiger partial charge is 0.122 e. The standard InChI is InChI=1S/C23H23Cl2NO2.ClH/c1-27-23-8-3-2-6-18(23)11-12-26-15-17-5-4-7-21(13-17)28-16-19-9-10-20(24)14-22(19)25;/h2-10,13-14,26H,11-12,15-16H2,1H3;1H. The molecular formula is C23H24Cl3NO2. The predicted octanol–water partition coefficient (Wildman–Crippen LogP) is 6.34. The van der Waals surface area contributed by atoms with Gasteiger partial charge in [-0.2, -0.15) is 0 Å². The van der Waals surface area contributed by atoms with Crippen LogP contribution in [0.15, 0.2) is 66.7 Å². The highest BCUT2D eigenvalue weighted by Crippen LogP contribution is 2.23. The first-order valence-corrected chi connectivity index (χ1v) is 9.89. The molecule has 0 fully saturated rings. The minimum Gasteiger partial charge on any atom is -0.496 e. The summed E-state index contributed by atoms with van der Waals surface area (Å²) in [5, 5.41) is 4.70. The molecule has 3 aromatic rings. The molecule has 0 spiro atoms. The van der Waals surface area contributed by atoms with Crippen LogP contribution in [0, 0.1) is 0 Å². The lowest BCUT2D eigenvalue weighted by Gasteiger charge is -2.11. The van der Waals surface area contributed by atoms with Crippen molar-refractivity contribution in [3.63, 3.8) is 0 Å². The van der Waals surface area contributed by atoms with E-state index >= 15 is 0 Å². The Morgan fingerprint density at radius 2 is 1.72 bits per heavy atom. The van der Waals surface area contributed by atoms with Gasteiger partial charge in [0, 0.05) is 22.2 Å². The Balaban J connectivity index is 0.00000300. The van der Waals surface area contributed by atoms with Crippen molar-refractivity contribution in [3.05, 3.63) is 93.5 Å². The normalized spacial score (nSPS) is 10.3. The third-order valence-electron chi connectivity index (χ3n) is 4.40. The Labute approximate surface area is 188 Å². The van der Waals surface area contributed by atoms with Gasteiger partial charge >= 0.3 is 0 Å². The first-order valence-electron chi connectivity index (χ1n) is 9.14. The number of hydrogen-bond donors (Lipinski definition) is 1. The molecule has 29 heavy (non-hydrogen) atoms. The van der Waals surface area contributed by atoms with Crippen molar-refractivity contribution in [1.82, 2.24) is 5.32 Å². The van der Waals surface area contributed by atoms with Gasteiger partial charge in [-0.1, -0.05) is 59.6 Å². The minimum absolute atomic E-state index is 0. The second-order valence-electron chi connectivity index (χ2n) is 6.41. The maximum Gasteiger partial charge on any atom is 0.122 e. The van der Waals surface area contributed by atoms with Crippen LogP contribution in [0.5, 0.6) is 11.5 Å². The molecule has 0 saturated carbocycles. The van der Waals surface area contributed by atoms with Gasteiger partial charge in [0.25, 0.3) is 0 Å². The number of benzene rings is 3. The molecule has 0 aromatic heterocycles. The van der Waals surface area contributed by atoms with Gasteiger partial charge in [0.2, 0.25) is 0 Å². The van der Waals surface area contributed by atoms with E-state index in [2.05, 4.69) is 17.4 Å². The van der Waals surface area contributed by atoms with Crippen molar-refractivity contribution in [2.75, 3.05) is 13.7 Å². The third kappa shape index (κ3) is 7.13. The topological polar surface area (TPSA) is 30.5 Å². The van der Waals surface area contributed by atoms with Gasteiger partial charge in [-0.15, -0.1) is 12.4 Å². The summed E-state index contributed by atoms with van der Waals surface area (Å²) in [5.74, 6) is 1.75. The Bertz CT molecular complexity index is 918. The lowest BCUT2D eigenvalue weighted by molar-refractivity contribution is 0.306. The maximum absolute atomic E-state index is 6.20. The molecule has 3 aromatic carbocycles. The summed E-state index contributed by atoms with van der Waals surface area (Å²) >= 11 is 12.1. The van der Waals surface area contributed by atoms with Crippen LogP contribution < -0.4 is 14.8 Å². The molecule has 0 bridgehead atoms. The molecule has 6 heteroatoms. The molecule has 0 saturated heterocycles. The second-order valence-corrected chi connectivity index (χ2v) is 7.25. The van der Waals surface area contributed by atoms with Crippen molar-refractivity contribution >= 4 is 35.6 Å². The summed E-state index contributed by atoms with van der Waals surface area (Å²) in [6.45, 7) is 2.04. The SMILES string of the molecule is COc1ccccc1CCNCc1cccc(OCc2ccc(Cl)cc2Cl)c1.Cl. The number of nitrogens with one attached hydrogen (secondary N) is 1. The van der Waals surface area contributed by atoms with Gasteiger partial charge in [0.05, 0.1) is 7.11 Å². The summed E-state index contributed by atoms with van der Waals surface area (Å²) in [7, 11) is 1.70. The van der Waals surface area contributed by atoms with Crippen LogP contribution >= 0.6 is 35.6 Å². The van der Waals surface area contributed by atoms with E-state index in [1.807, 2.05) is 48.5 Å². The molecule has 3 nitrogen and oxygen atoms in total. The predicted molar refractivity (Wildman–Crippen MR) is 123 cm³/mol. The molecule has 1 N–H and O–H groups in total. The molecule has 3 rings (SSSR count). The van der Waals surface area contributed by atoms with E-state index in [0.29, 0.717) is 16.7 Å². The summed E-state index contributed by atoms with van der Waals surface area (Å²) in [6.07, 6.45) is 0.912. The lowest BCUT2D eigenvalue weighted by atomic mass is 10.1. The van der Waals surface area contributed by atoms with Gasteiger partial charge < -0.3 is 14.8 Å². The zero-order valence-electron chi connectivity index (χ0n) is 16.2. The van der Waals surface area contributed by atoms with E-state index < -0.39 is 0 Å². The maximum atomic E-state index is 6.20. The fourth-order valence-corrected chi connectivity index (χ4v) is 3.37. The van der Waals surface area contributed by atoms with Crippen LogP contribution in [0.1, 0.15) is 16.7 Å². The largest absolute Gasteiger partial charge is 0.496 e. The van der Waals surface area contributed by atoms with Gasteiger partial charge in [-0.3, -0.25) is 0 Å². The Hall–Kier alpha value is -1.91. The van der Waals surface area contributed by atoms with Crippen LogP contribution in [0.4, 0.5) is 0 Å². The molecule has 0 unspecified atom stereocenters. The lowest BCUT2D eigenvalue weighted by Crippen LogP contribution is -2.17. The molecular weight excluding hydrogens is 429 g/mol. The van der Waals surface area contributed by atoms with Crippen molar-refractivity contribution in [2.45, 2.75) is 19.6 Å². The summed E-state index contributed by atoms with van der Waals surface area (Å²) in [5.41, 5.74) is 3.28. The third-order valence-corrected chi connectivity index (χ3v) is 4.99. The molecule has 0 amide bonds. The fourth-order valence-electron chi connectivity index (χ4n) is 2.91. The number of hydrogen-bond acceptors (Lipinski definition) is 3. The average Bonchev–Trinajstić information content (AvgIpc) is 2.71. The molecule has 0 aliphatic rings. The zero-order chi connectivity index (χ0) is 19.8. The first kappa shape index (κ1) is 23.4. The van der Waals surface area contributed by atoms with Crippen LogP contribution in [-0.2, 0) is 19.6 Å². The van der Waals surface area contributed by atoms with Gasteiger partial charge in [-0.05, 0) is 54.4 Å². The molecule has 154 valence electrons. The van der Waals surface area contributed by atoms with E-state index in [0.717, 1.165) is 36.6 Å². The van der Waals surface area contributed by atoms with Gasteiger partial charge in [-0.25, -0.2) is 0 Å². The van der Waals surface area contributed by atoms with Crippen LogP contribution in [0.3, 0.4) is 0 Å². The van der Waals surface area contributed by atoms with Crippen molar-refractivity contribution < 1.29 is 9.47 Å². The monoisotopic (exact) mass is 451 g/mol. The Kier molecular flexibility index (Phi) is 9.62. The van der Waals surface area contributed by atoms with E-state index in [4.69, 9.17) is 32.7 Å². The molecule has 0 atom stereocenters. The van der Waals surface area contributed by atoms with Crippen LogP contribution in [0.25, 0.3) is 0 Å². The number of halogens is 3. The first-order chi connectivity index (χ1) is 13.7. The average molecular weight is 453 g/mol. The number of rotatable bonds is 9. The van der Waals surface area contributed by atoms with Crippen LogP contribution in [-0.4, -0.2) is 13.7 Å². The quantitative estimate of drug-likeness (QED) is 0.384. The zero-order valence-corrected chi connectivity index (χ0v) is 18.5. The number of ether oxygens (including phenoxy) is 2. The molecule has 0 aliphatic carbocycles. The highest BCUT2D eigenvalue weighted by molar-refractivity contribution is 6.35. The Morgan fingerprint density at radius 1 is 0.897 bits per heavy atom. The highest BCUT2D eigenvalue weighted by Gasteiger charge is 2.04.